The number of unbranched alkanes of at least 4 members (excludes halogenated alkanes) is 3. The zero-order valence-electron chi connectivity index (χ0n) is 38.2. The van der Waals surface area contributed by atoms with Crippen molar-refractivity contribution in [2.24, 2.45) is 0 Å². The third-order valence-electron chi connectivity index (χ3n) is 9.73. The van der Waals surface area contributed by atoms with E-state index in [0.29, 0.717) is 43.7 Å². The van der Waals surface area contributed by atoms with Crippen LogP contribution in [-0.2, 0) is 73.3 Å². The van der Waals surface area contributed by atoms with Crippen molar-refractivity contribution < 1.29 is 57.2 Å². The highest BCUT2D eigenvalue weighted by Gasteiger charge is 2.15. The summed E-state index contributed by atoms with van der Waals surface area (Å²) in [5, 5.41) is 5.40. The van der Waals surface area contributed by atoms with E-state index in [0.717, 1.165) is 46.2 Å². The SMILES string of the molecule is C=C(C)C(=O)OCC(C)OC(=O)Cc1ccc(Cc2ccc(CC(=O)OCCCCCCOC(=O)Nc3ccc(Cc4ccc(NC(=O)OC(C)COC(=O)C(=C)C)cc4)cc3)cc2)cc1. The molecule has 2 unspecified atom stereocenters. The summed E-state index contributed by atoms with van der Waals surface area (Å²) < 4.78 is 31.4. The number of carbonyl (C=O) groups excluding carboxylic acids is 6. The molecule has 0 saturated heterocycles. The highest BCUT2D eigenvalue weighted by molar-refractivity contribution is 5.88. The Kier molecular flexibility index (Phi) is 21.2. The van der Waals surface area contributed by atoms with Gasteiger partial charge in [0.15, 0.2) is 0 Å². The molecule has 0 saturated carbocycles. The fourth-order valence-electron chi connectivity index (χ4n) is 6.18. The van der Waals surface area contributed by atoms with Gasteiger partial charge in [-0.05, 0) is 124 Å². The minimum absolute atomic E-state index is 0.0336. The van der Waals surface area contributed by atoms with Crippen molar-refractivity contribution in [1.82, 2.24) is 0 Å². The fourth-order valence-corrected chi connectivity index (χ4v) is 6.18. The van der Waals surface area contributed by atoms with Gasteiger partial charge in [-0.2, -0.15) is 0 Å². The van der Waals surface area contributed by atoms with Gasteiger partial charge in [-0.3, -0.25) is 20.2 Å². The molecule has 14 heteroatoms. The lowest BCUT2D eigenvalue weighted by Gasteiger charge is -2.14. The first-order chi connectivity index (χ1) is 31.6. The van der Waals surface area contributed by atoms with Crippen LogP contribution in [0.1, 0.15) is 86.8 Å². The van der Waals surface area contributed by atoms with Gasteiger partial charge in [-0.1, -0.05) is 86.0 Å². The van der Waals surface area contributed by atoms with Crippen LogP contribution in [0.25, 0.3) is 0 Å². The third kappa shape index (κ3) is 20.1. The number of rotatable bonds is 25. The lowest BCUT2D eigenvalue weighted by Crippen LogP contribution is -2.25. The number of carbonyl (C=O) groups is 6. The lowest BCUT2D eigenvalue weighted by molar-refractivity contribution is -0.155. The molecule has 0 aliphatic rings. The predicted octanol–water partition coefficient (Wildman–Crippen LogP) is 9.41. The van der Waals surface area contributed by atoms with Crippen molar-refractivity contribution in [2.45, 2.75) is 91.3 Å². The van der Waals surface area contributed by atoms with Gasteiger partial charge in [-0.15, -0.1) is 0 Å². The van der Waals surface area contributed by atoms with Crippen LogP contribution in [0.2, 0.25) is 0 Å². The molecule has 4 rings (SSSR count). The maximum atomic E-state index is 12.4. The molecule has 66 heavy (non-hydrogen) atoms. The number of amides is 2. The van der Waals surface area contributed by atoms with Crippen LogP contribution in [0.3, 0.4) is 0 Å². The summed E-state index contributed by atoms with van der Waals surface area (Å²) in [5.41, 5.74) is 7.58. The highest BCUT2D eigenvalue weighted by Crippen LogP contribution is 2.18. The average Bonchev–Trinajstić information content (AvgIpc) is 3.28. The summed E-state index contributed by atoms with van der Waals surface area (Å²) in [7, 11) is 0. The van der Waals surface area contributed by atoms with Crippen LogP contribution in [-0.4, -0.2) is 74.7 Å². The van der Waals surface area contributed by atoms with Crippen LogP contribution in [0.4, 0.5) is 21.0 Å². The van der Waals surface area contributed by atoms with Crippen molar-refractivity contribution in [3.63, 3.8) is 0 Å². The van der Waals surface area contributed by atoms with E-state index in [1.54, 1.807) is 45.0 Å². The molecular formula is C52H60N2O12. The summed E-state index contributed by atoms with van der Waals surface area (Å²) in [6, 6.07) is 30.3. The van der Waals surface area contributed by atoms with Gasteiger partial charge in [0.1, 0.15) is 25.4 Å². The quantitative estimate of drug-likeness (QED) is 0.0279. The smallest absolute Gasteiger partial charge is 0.412 e. The molecule has 0 radical (unpaired) electrons. The zero-order valence-corrected chi connectivity index (χ0v) is 38.2. The first kappa shape index (κ1) is 51.4. The topological polar surface area (TPSA) is 182 Å². The van der Waals surface area contributed by atoms with Crippen LogP contribution < -0.4 is 10.6 Å². The summed E-state index contributed by atoms with van der Waals surface area (Å²) in [6.07, 6.45) is 2.26. The van der Waals surface area contributed by atoms with E-state index in [1.807, 2.05) is 72.8 Å². The molecule has 2 N–H and O–H groups in total. The summed E-state index contributed by atoms with van der Waals surface area (Å²) in [5.74, 6) is -1.76. The Balaban J connectivity index is 1.02. The minimum Gasteiger partial charge on any atom is -0.465 e. The predicted molar refractivity (Wildman–Crippen MR) is 250 cm³/mol. The fraction of sp³-hybridized carbons (Fsp3) is 0.346. The molecule has 4 aromatic carbocycles. The lowest BCUT2D eigenvalue weighted by atomic mass is 10.0. The Labute approximate surface area is 386 Å². The Hall–Kier alpha value is -7.22. The van der Waals surface area contributed by atoms with E-state index in [4.69, 9.17) is 28.4 Å². The highest BCUT2D eigenvalue weighted by atomic mass is 16.6. The minimum atomic E-state index is -0.662. The second-order valence-corrected chi connectivity index (χ2v) is 16.0. The molecular weight excluding hydrogens is 845 g/mol. The Morgan fingerprint density at radius 1 is 0.455 bits per heavy atom. The van der Waals surface area contributed by atoms with Gasteiger partial charge in [0.05, 0.1) is 26.1 Å². The van der Waals surface area contributed by atoms with Crippen LogP contribution in [0.5, 0.6) is 0 Å². The van der Waals surface area contributed by atoms with Crippen molar-refractivity contribution in [3.05, 3.63) is 155 Å². The molecule has 0 heterocycles. The molecule has 4 aromatic rings. The first-order valence-electron chi connectivity index (χ1n) is 21.9. The molecule has 14 nitrogen and oxygen atoms in total. The van der Waals surface area contributed by atoms with E-state index in [1.165, 1.54) is 6.92 Å². The molecule has 0 fully saturated rings. The van der Waals surface area contributed by atoms with Gasteiger partial charge in [0.25, 0.3) is 0 Å². The van der Waals surface area contributed by atoms with Crippen LogP contribution >= 0.6 is 0 Å². The number of nitrogens with one attached hydrogen (secondary N) is 2. The monoisotopic (exact) mass is 904 g/mol. The van der Waals surface area contributed by atoms with Crippen molar-refractivity contribution >= 4 is 47.4 Å². The number of ether oxygens (including phenoxy) is 6. The molecule has 2 atom stereocenters. The van der Waals surface area contributed by atoms with Crippen molar-refractivity contribution in [2.75, 3.05) is 37.1 Å². The number of benzene rings is 4. The summed E-state index contributed by atoms with van der Waals surface area (Å²) in [4.78, 5) is 72.3. The molecule has 0 spiro atoms. The van der Waals surface area contributed by atoms with Gasteiger partial charge in [0.2, 0.25) is 0 Å². The maximum Gasteiger partial charge on any atom is 0.412 e. The van der Waals surface area contributed by atoms with E-state index in [2.05, 4.69) is 23.8 Å². The average molecular weight is 905 g/mol. The first-order valence-corrected chi connectivity index (χ1v) is 21.9. The van der Waals surface area contributed by atoms with Gasteiger partial charge < -0.3 is 28.4 Å². The summed E-state index contributed by atoms with van der Waals surface area (Å²) >= 11 is 0. The molecule has 350 valence electrons. The number of hydrogen-bond acceptors (Lipinski definition) is 12. The molecule has 2 amide bonds. The maximum absolute atomic E-state index is 12.4. The number of anilines is 2. The molecule has 0 aromatic heterocycles. The zero-order chi connectivity index (χ0) is 47.8. The number of hydrogen-bond donors (Lipinski definition) is 2. The molecule has 0 aliphatic carbocycles. The van der Waals surface area contributed by atoms with Gasteiger partial charge >= 0.3 is 36.1 Å². The third-order valence-corrected chi connectivity index (χ3v) is 9.73. The van der Waals surface area contributed by atoms with Crippen molar-refractivity contribution in [3.8, 4) is 0 Å². The Morgan fingerprint density at radius 3 is 1.26 bits per heavy atom. The Morgan fingerprint density at radius 2 is 0.818 bits per heavy atom. The van der Waals surface area contributed by atoms with Crippen LogP contribution in [0, 0.1) is 0 Å². The second-order valence-electron chi connectivity index (χ2n) is 16.0. The number of esters is 4. The van der Waals surface area contributed by atoms with E-state index in [9.17, 15) is 28.8 Å². The van der Waals surface area contributed by atoms with Crippen LogP contribution in [0.15, 0.2) is 121 Å². The molecule has 0 aliphatic heterocycles. The van der Waals surface area contributed by atoms with E-state index < -0.39 is 42.3 Å². The van der Waals surface area contributed by atoms with Crippen molar-refractivity contribution in [1.29, 1.82) is 0 Å². The van der Waals surface area contributed by atoms with E-state index >= 15 is 0 Å². The molecule has 0 bridgehead atoms. The summed E-state index contributed by atoms with van der Waals surface area (Å²) in [6.45, 7) is 13.9. The van der Waals surface area contributed by atoms with E-state index in [-0.39, 0.29) is 49.8 Å². The standard InChI is InChI=1S/C52H60N2O12/c1-35(2)49(57)63-33-37(5)65-48(56)32-44-17-13-40(14-18-44)29-39-11-15-43(16-12-39)31-47(55)61-27-9-7-8-10-28-62-51(59)53-45-23-19-41(20-24-45)30-42-21-25-46(26-22-42)54-52(60)66-38(6)34-64-50(58)36(3)4/h11-26,37-38H,1,3,7-10,27-34H2,2,4-6H3,(H,53,59)(H,54,60). The normalized spacial score (nSPS) is 11.5. The van der Waals surface area contributed by atoms with Gasteiger partial charge in [-0.25, -0.2) is 19.2 Å². The Bertz CT molecular complexity index is 2090. The van der Waals surface area contributed by atoms with Gasteiger partial charge in [0, 0.05) is 22.5 Å². The second kappa shape index (κ2) is 27.2. The largest absolute Gasteiger partial charge is 0.465 e.